The van der Waals surface area contributed by atoms with Gasteiger partial charge >= 0.3 is 0 Å². The average molecular weight is 398 g/mol. The van der Waals surface area contributed by atoms with Crippen molar-refractivity contribution in [3.63, 3.8) is 0 Å². The van der Waals surface area contributed by atoms with Gasteiger partial charge in [0.15, 0.2) is 5.82 Å². The van der Waals surface area contributed by atoms with Crippen LogP contribution in [0.3, 0.4) is 0 Å². The number of nitrogens with zero attached hydrogens (tertiary/aromatic N) is 5. The van der Waals surface area contributed by atoms with Gasteiger partial charge in [0.1, 0.15) is 0 Å². The minimum atomic E-state index is -0.244. The number of aromatic nitrogens is 4. The summed E-state index contributed by atoms with van der Waals surface area (Å²) >= 11 is 0. The number of amides is 1. The van der Waals surface area contributed by atoms with Crippen LogP contribution in [0, 0.1) is 6.92 Å². The Hall–Kier alpha value is -3.74. The molecule has 0 spiro atoms. The van der Waals surface area contributed by atoms with Gasteiger partial charge in [0.2, 0.25) is 5.82 Å². The molecule has 0 bridgehead atoms. The summed E-state index contributed by atoms with van der Waals surface area (Å²) in [5.41, 5.74) is 4.22. The SMILES string of the molecule is Cc1ccn2ccnc(N3CC[C@H](NC(=O)c4ncc(-c5ccccc5)cn4)C3)c12. The smallest absolute Gasteiger partial charge is 0.289 e. The molecule has 7 nitrogen and oxygen atoms in total. The Balaban J connectivity index is 1.27. The number of benzene rings is 1. The normalized spacial score (nSPS) is 16.2. The Morgan fingerprint density at radius 2 is 1.83 bits per heavy atom. The highest BCUT2D eigenvalue weighted by Gasteiger charge is 2.27. The molecule has 30 heavy (non-hydrogen) atoms. The van der Waals surface area contributed by atoms with E-state index in [1.807, 2.05) is 48.9 Å². The second kappa shape index (κ2) is 7.59. The maximum atomic E-state index is 12.6. The molecule has 1 N–H and O–H groups in total. The van der Waals surface area contributed by atoms with Gasteiger partial charge < -0.3 is 14.6 Å². The van der Waals surface area contributed by atoms with Crippen LogP contribution in [0.25, 0.3) is 16.6 Å². The van der Waals surface area contributed by atoms with E-state index in [1.54, 1.807) is 12.4 Å². The molecule has 0 unspecified atom stereocenters. The zero-order valence-electron chi connectivity index (χ0n) is 16.7. The van der Waals surface area contributed by atoms with Crippen LogP contribution >= 0.6 is 0 Å². The Bertz CT molecular complexity index is 1190. The van der Waals surface area contributed by atoms with Crippen LogP contribution in [0.15, 0.2) is 67.4 Å². The molecule has 150 valence electrons. The van der Waals surface area contributed by atoms with E-state index >= 15 is 0 Å². The fourth-order valence-electron chi connectivity index (χ4n) is 3.98. The molecule has 1 amide bonds. The molecule has 1 aliphatic rings. The quantitative estimate of drug-likeness (QED) is 0.572. The molecule has 0 radical (unpaired) electrons. The van der Waals surface area contributed by atoms with Gasteiger partial charge in [-0.1, -0.05) is 30.3 Å². The first-order chi connectivity index (χ1) is 14.7. The largest absolute Gasteiger partial charge is 0.353 e. The van der Waals surface area contributed by atoms with Crippen molar-refractivity contribution in [1.82, 2.24) is 24.7 Å². The average Bonchev–Trinajstić information content (AvgIpc) is 3.41. The summed E-state index contributed by atoms with van der Waals surface area (Å²) in [6, 6.07) is 12.0. The molecule has 1 aromatic carbocycles. The van der Waals surface area contributed by atoms with Gasteiger partial charge in [0.05, 0.1) is 5.52 Å². The summed E-state index contributed by atoms with van der Waals surface area (Å²) in [6.07, 6.45) is 10.1. The molecule has 1 saturated heterocycles. The minimum Gasteiger partial charge on any atom is -0.353 e. The fourth-order valence-corrected chi connectivity index (χ4v) is 3.98. The van der Waals surface area contributed by atoms with Crippen LogP contribution in [0.5, 0.6) is 0 Å². The van der Waals surface area contributed by atoms with Crippen LogP contribution in [0.2, 0.25) is 0 Å². The Kier molecular flexibility index (Phi) is 4.63. The summed E-state index contributed by atoms with van der Waals surface area (Å²) in [6.45, 7) is 3.65. The van der Waals surface area contributed by atoms with E-state index in [0.717, 1.165) is 35.4 Å². The van der Waals surface area contributed by atoms with Gasteiger partial charge in [-0.15, -0.1) is 0 Å². The van der Waals surface area contributed by atoms with Crippen molar-refractivity contribution in [1.29, 1.82) is 0 Å². The highest BCUT2D eigenvalue weighted by molar-refractivity contribution is 5.91. The van der Waals surface area contributed by atoms with E-state index in [1.165, 1.54) is 5.56 Å². The summed E-state index contributed by atoms with van der Waals surface area (Å²) in [5.74, 6) is 0.905. The summed E-state index contributed by atoms with van der Waals surface area (Å²) in [5, 5.41) is 3.07. The van der Waals surface area contributed by atoms with Crippen LogP contribution in [-0.4, -0.2) is 44.4 Å². The van der Waals surface area contributed by atoms with Gasteiger partial charge in [0.25, 0.3) is 5.91 Å². The topological polar surface area (TPSA) is 75.4 Å². The monoisotopic (exact) mass is 398 g/mol. The minimum absolute atomic E-state index is 0.0345. The van der Waals surface area contributed by atoms with E-state index < -0.39 is 0 Å². The Labute approximate surface area is 174 Å². The van der Waals surface area contributed by atoms with E-state index in [9.17, 15) is 4.79 Å². The molecule has 0 aliphatic carbocycles. The van der Waals surface area contributed by atoms with E-state index in [4.69, 9.17) is 0 Å². The van der Waals surface area contributed by atoms with E-state index in [-0.39, 0.29) is 17.8 Å². The van der Waals surface area contributed by atoms with Crippen molar-refractivity contribution >= 4 is 17.2 Å². The second-order valence-electron chi connectivity index (χ2n) is 7.57. The number of carbonyl (C=O) groups excluding carboxylic acids is 1. The molecular weight excluding hydrogens is 376 g/mol. The zero-order valence-corrected chi connectivity index (χ0v) is 16.7. The molecule has 1 fully saturated rings. The third-order valence-electron chi connectivity index (χ3n) is 5.54. The van der Waals surface area contributed by atoms with Crippen molar-refractivity contribution in [3.8, 4) is 11.1 Å². The first-order valence-electron chi connectivity index (χ1n) is 10.0. The Morgan fingerprint density at radius 1 is 1.03 bits per heavy atom. The summed E-state index contributed by atoms with van der Waals surface area (Å²) in [7, 11) is 0. The third-order valence-corrected chi connectivity index (χ3v) is 5.54. The molecule has 1 atom stereocenters. The predicted molar refractivity (Wildman–Crippen MR) is 115 cm³/mol. The maximum absolute atomic E-state index is 12.6. The van der Waals surface area contributed by atoms with Gasteiger partial charge in [-0.05, 0) is 30.5 Å². The molecule has 1 aliphatic heterocycles. The highest BCUT2D eigenvalue weighted by atomic mass is 16.2. The molecule has 0 saturated carbocycles. The number of rotatable bonds is 4. The number of fused-ring (bicyclic) bond motifs is 1. The lowest BCUT2D eigenvalue weighted by Crippen LogP contribution is -2.38. The number of aryl methyl sites for hydroxylation is 1. The number of hydrogen-bond donors (Lipinski definition) is 1. The summed E-state index contributed by atoms with van der Waals surface area (Å²) < 4.78 is 2.09. The molecular formula is C23H22N6O. The molecule has 5 rings (SSSR count). The third kappa shape index (κ3) is 3.39. The van der Waals surface area contributed by atoms with Crippen molar-refractivity contribution < 1.29 is 4.79 Å². The lowest BCUT2D eigenvalue weighted by Gasteiger charge is -2.19. The lowest BCUT2D eigenvalue weighted by molar-refractivity contribution is 0.0930. The van der Waals surface area contributed by atoms with E-state index in [2.05, 4.69) is 42.6 Å². The maximum Gasteiger partial charge on any atom is 0.289 e. The number of anilines is 1. The molecule has 3 aromatic heterocycles. The van der Waals surface area contributed by atoms with Crippen molar-refractivity contribution in [3.05, 3.63) is 78.8 Å². The predicted octanol–water partition coefficient (Wildman–Crippen LogP) is 3.11. The molecule has 4 aromatic rings. The van der Waals surface area contributed by atoms with Crippen molar-refractivity contribution in [2.24, 2.45) is 0 Å². The van der Waals surface area contributed by atoms with Crippen LogP contribution < -0.4 is 10.2 Å². The van der Waals surface area contributed by atoms with Crippen LogP contribution in [0.4, 0.5) is 5.82 Å². The van der Waals surface area contributed by atoms with E-state index in [0.29, 0.717) is 6.54 Å². The lowest BCUT2D eigenvalue weighted by atomic mass is 10.1. The van der Waals surface area contributed by atoms with Crippen LogP contribution in [0.1, 0.15) is 22.6 Å². The van der Waals surface area contributed by atoms with Crippen molar-refractivity contribution in [2.75, 3.05) is 18.0 Å². The fraction of sp³-hybridized carbons (Fsp3) is 0.217. The molecule has 4 heterocycles. The standard InChI is InChI=1S/C23H22N6O/c1-16-7-10-28-12-9-24-22(20(16)28)29-11-8-19(15-29)27-23(30)21-25-13-18(14-26-21)17-5-3-2-4-6-17/h2-7,9-10,12-14,19H,8,11,15H2,1H3,(H,27,30)/t19-/m0/s1. The summed E-state index contributed by atoms with van der Waals surface area (Å²) in [4.78, 5) is 28.0. The number of hydrogen-bond acceptors (Lipinski definition) is 5. The number of nitrogens with one attached hydrogen (secondary N) is 1. The number of carbonyl (C=O) groups is 1. The van der Waals surface area contributed by atoms with Gasteiger partial charge in [0, 0.05) is 55.7 Å². The van der Waals surface area contributed by atoms with Crippen molar-refractivity contribution in [2.45, 2.75) is 19.4 Å². The highest BCUT2D eigenvalue weighted by Crippen LogP contribution is 2.26. The van der Waals surface area contributed by atoms with Gasteiger partial charge in [-0.25, -0.2) is 15.0 Å². The molecule has 7 heteroatoms. The van der Waals surface area contributed by atoms with Gasteiger partial charge in [-0.2, -0.15) is 0 Å². The van der Waals surface area contributed by atoms with Gasteiger partial charge in [-0.3, -0.25) is 4.79 Å². The zero-order chi connectivity index (χ0) is 20.5. The Morgan fingerprint density at radius 3 is 2.63 bits per heavy atom. The first kappa shape index (κ1) is 18.3. The first-order valence-corrected chi connectivity index (χ1v) is 10.0. The van der Waals surface area contributed by atoms with Crippen LogP contribution in [-0.2, 0) is 0 Å². The second-order valence-corrected chi connectivity index (χ2v) is 7.57.